The molecule has 58 valence electrons. The van der Waals surface area contributed by atoms with Crippen molar-refractivity contribution in [3.8, 4) is 0 Å². The molecular weight excluding hydrogens is 124 g/mol. The Bertz CT molecular complexity index is 129. The van der Waals surface area contributed by atoms with Gasteiger partial charge in [-0.3, -0.25) is 5.41 Å². The zero-order valence-electron chi connectivity index (χ0n) is 6.85. The zero-order chi connectivity index (χ0) is 7.61. The first-order valence-corrected chi connectivity index (χ1v) is 3.89. The molecule has 0 radical (unpaired) electrons. The molecule has 0 spiro atoms. The minimum absolute atomic E-state index is 0.426. The smallest absolute Gasteiger partial charge is 0.0817 e. The maximum absolute atomic E-state index is 7.07. The van der Waals surface area contributed by atoms with Gasteiger partial charge in [0.05, 0.1) is 6.34 Å². The molecule has 2 nitrogen and oxygen atoms in total. The summed E-state index contributed by atoms with van der Waals surface area (Å²) in [6.07, 6.45) is 4.00. The van der Waals surface area contributed by atoms with E-state index in [0.29, 0.717) is 5.41 Å². The van der Waals surface area contributed by atoms with Crippen molar-refractivity contribution in [1.29, 1.82) is 5.41 Å². The van der Waals surface area contributed by atoms with E-state index in [-0.39, 0.29) is 0 Å². The van der Waals surface area contributed by atoms with Gasteiger partial charge in [-0.25, -0.2) is 0 Å². The third-order valence-corrected chi connectivity index (χ3v) is 2.11. The Kier molecular flexibility index (Phi) is 1.97. The van der Waals surface area contributed by atoms with Gasteiger partial charge < -0.3 is 4.90 Å². The van der Waals surface area contributed by atoms with Gasteiger partial charge in [-0.1, -0.05) is 13.8 Å². The number of rotatable bonds is 1. The number of hydrogen-bond acceptors (Lipinski definition) is 1. The van der Waals surface area contributed by atoms with Crippen LogP contribution in [0.4, 0.5) is 0 Å². The third kappa shape index (κ3) is 1.72. The number of likely N-dealkylation sites (tertiary alicyclic amines) is 1. The van der Waals surface area contributed by atoms with Crippen molar-refractivity contribution < 1.29 is 0 Å². The van der Waals surface area contributed by atoms with Crippen LogP contribution in [-0.4, -0.2) is 24.3 Å². The van der Waals surface area contributed by atoms with Crippen LogP contribution >= 0.6 is 0 Å². The van der Waals surface area contributed by atoms with Crippen molar-refractivity contribution in [2.75, 3.05) is 13.1 Å². The fourth-order valence-corrected chi connectivity index (χ4v) is 1.58. The lowest BCUT2D eigenvalue weighted by atomic mass is 9.84. The molecule has 2 heteroatoms. The van der Waals surface area contributed by atoms with E-state index in [2.05, 4.69) is 18.7 Å². The average molecular weight is 140 g/mol. The molecule has 0 aliphatic carbocycles. The highest BCUT2D eigenvalue weighted by Gasteiger charge is 2.24. The average Bonchev–Trinajstić information content (AvgIpc) is 1.86. The second-order valence-electron chi connectivity index (χ2n) is 3.87. The second-order valence-corrected chi connectivity index (χ2v) is 3.87. The molecule has 0 aromatic carbocycles. The van der Waals surface area contributed by atoms with E-state index in [1.165, 1.54) is 19.2 Å². The highest BCUT2D eigenvalue weighted by Crippen LogP contribution is 2.27. The largest absolute Gasteiger partial charge is 0.363 e. The van der Waals surface area contributed by atoms with Gasteiger partial charge in [-0.2, -0.15) is 0 Å². The molecule has 1 heterocycles. The standard InChI is InChI=1S/C8H16N2/c1-8(2)4-3-5-10(6-8)7-9/h7,9H,3-6H2,1-2H3. The van der Waals surface area contributed by atoms with Crippen LogP contribution in [0.3, 0.4) is 0 Å². The van der Waals surface area contributed by atoms with Crippen LogP contribution in [0.5, 0.6) is 0 Å². The van der Waals surface area contributed by atoms with Gasteiger partial charge in [0.15, 0.2) is 0 Å². The summed E-state index contributed by atoms with van der Waals surface area (Å²) >= 11 is 0. The van der Waals surface area contributed by atoms with Crippen LogP contribution in [0.25, 0.3) is 0 Å². The van der Waals surface area contributed by atoms with Gasteiger partial charge in [-0.05, 0) is 18.3 Å². The van der Waals surface area contributed by atoms with Gasteiger partial charge in [0, 0.05) is 13.1 Å². The van der Waals surface area contributed by atoms with Gasteiger partial charge >= 0.3 is 0 Å². The maximum Gasteiger partial charge on any atom is 0.0817 e. The zero-order valence-corrected chi connectivity index (χ0v) is 6.85. The predicted molar refractivity (Wildman–Crippen MR) is 43.4 cm³/mol. The molecule has 0 amide bonds. The fourth-order valence-electron chi connectivity index (χ4n) is 1.58. The molecule has 10 heavy (non-hydrogen) atoms. The molecular formula is C8H16N2. The summed E-state index contributed by atoms with van der Waals surface area (Å²) in [4.78, 5) is 2.09. The molecule has 1 fully saturated rings. The van der Waals surface area contributed by atoms with Crippen LogP contribution in [0, 0.1) is 10.8 Å². The van der Waals surface area contributed by atoms with Gasteiger partial charge in [0.2, 0.25) is 0 Å². The van der Waals surface area contributed by atoms with E-state index in [1.54, 1.807) is 0 Å². The lowest BCUT2D eigenvalue weighted by Gasteiger charge is -2.36. The van der Waals surface area contributed by atoms with Crippen LogP contribution < -0.4 is 0 Å². The first-order valence-electron chi connectivity index (χ1n) is 3.89. The molecule has 1 aliphatic heterocycles. The SMILES string of the molecule is CC1(C)CCCN(C=N)C1. The summed E-state index contributed by atoms with van der Waals surface area (Å²) < 4.78 is 0. The summed E-state index contributed by atoms with van der Waals surface area (Å²) in [5.41, 5.74) is 0.426. The molecule has 1 saturated heterocycles. The van der Waals surface area contributed by atoms with E-state index in [9.17, 15) is 0 Å². The van der Waals surface area contributed by atoms with Crippen LogP contribution in [0.15, 0.2) is 0 Å². The molecule has 0 unspecified atom stereocenters. The number of nitrogens with zero attached hydrogens (tertiary/aromatic N) is 1. The summed E-state index contributed by atoms with van der Waals surface area (Å²) in [5, 5.41) is 7.07. The highest BCUT2D eigenvalue weighted by molar-refractivity contribution is 5.50. The van der Waals surface area contributed by atoms with Crippen molar-refractivity contribution >= 4 is 6.34 Å². The molecule has 0 aromatic rings. The summed E-state index contributed by atoms with van der Waals surface area (Å²) in [6, 6.07) is 0. The Balaban J connectivity index is 2.47. The summed E-state index contributed by atoms with van der Waals surface area (Å²) in [7, 11) is 0. The van der Waals surface area contributed by atoms with Crippen LogP contribution in [0.2, 0.25) is 0 Å². The Morgan fingerprint density at radius 1 is 1.50 bits per heavy atom. The number of piperidine rings is 1. The molecule has 0 bridgehead atoms. The fraction of sp³-hybridized carbons (Fsp3) is 0.875. The van der Waals surface area contributed by atoms with E-state index in [1.807, 2.05) is 0 Å². The first kappa shape index (κ1) is 7.58. The lowest BCUT2D eigenvalue weighted by Crippen LogP contribution is -2.38. The quantitative estimate of drug-likeness (QED) is 0.435. The van der Waals surface area contributed by atoms with Gasteiger partial charge in [0.1, 0.15) is 0 Å². The summed E-state index contributed by atoms with van der Waals surface area (Å²) in [5.74, 6) is 0. The van der Waals surface area contributed by atoms with Crippen molar-refractivity contribution in [1.82, 2.24) is 4.90 Å². The number of nitrogens with one attached hydrogen (secondary N) is 1. The monoisotopic (exact) mass is 140 g/mol. The first-order chi connectivity index (χ1) is 4.64. The number of hydrogen-bond donors (Lipinski definition) is 1. The lowest BCUT2D eigenvalue weighted by molar-refractivity contribution is 0.182. The predicted octanol–water partition coefficient (Wildman–Crippen LogP) is 1.72. The molecule has 1 aliphatic rings. The normalized spacial score (nSPS) is 24.4. The second kappa shape index (κ2) is 2.60. The third-order valence-electron chi connectivity index (χ3n) is 2.11. The van der Waals surface area contributed by atoms with E-state index >= 15 is 0 Å². The van der Waals surface area contributed by atoms with Crippen LogP contribution in [0.1, 0.15) is 26.7 Å². The van der Waals surface area contributed by atoms with Gasteiger partial charge in [-0.15, -0.1) is 0 Å². The Labute approximate surface area is 62.7 Å². The van der Waals surface area contributed by atoms with Gasteiger partial charge in [0.25, 0.3) is 0 Å². The molecule has 0 atom stereocenters. The Hall–Kier alpha value is -0.530. The topological polar surface area (TPSA) is 27.1 Å². The van der Waals surface area contributed by atoms with E-state index in [0.717, 1.165) is 13.1 Å². The molecule has 1 N–H and O–H groups in total. The van der Waals surface area contributed by atoms with E-state index in [4.69, 9.17) is 5.41 Å². The van der Waals surface area contributed by atoms with E-state index < -0.39 is 0 Å². The Morgan fingerprint density at radius 3 is 2.60 bits per heavy atom. The minimum atomic E-state index is 0.426. The van der Waals surface area contributed by atoms with Crippen molar-refractivity contribution in [3.63, 3.8) is 0 Å². The van der Waals surface area contributed by atoms with Crippen molar-refractivity contribution in [2.24, 2.45) is 5.41 Å². The minimum Gasteiger partial charge on any atom is -0.363 e. The highest BCUT2D eigenvalue weighted by atomic mass is 15.1. The van der Waals surface area contributed by atoms with Crippen LogP contribution in [-0.2, 0) is 0 Å². The molecule has 1 rings (SSSR count). The van der Waals surface area contributed by atoms with Crippen molar-refractivity contribution in [3.05, 3.63) is 0 Å². The molecule has 0 aromatic heterocycles. The maximum atomic E-state index is 7.07. The summed E-state index contributed by atoms with van der Waals surface area (Å²) in [6.45, 7) is 6.66. The Morgan fingerprint density at radius 2 is 2.20 bits per heavy atom. The molecule has 0 saturated carbocycles. The van der Waals surface area contributed by atoms with Crippen molar-refractivity contribution in [2.45, 2.75) is 26.7 Å².